The van der Waals surface area contributed by atoms with Crippen molar-refractivity contribution in [1.82, 2.24) is 4.90 Å². The maximum absolute atomic E-state index is 11.3. The summed E-state index contributed by atoms with van der Waals surface area (Å²) in [6, 6.07) is 0.147. The van der Waals surface area contributed by atoms with E-state index in [4.69, 9.17) is 0 Å². The Balaban J connectivity index is 2.28. The third kappa shape index (κ3) is 1.72. The second-order valence-electron chi connectivity index (χ2n) is 6.33. The number of hydrogen-bond acceptors (Lipinski definition) is 1. The highest BCUT2D eigenvalue weighted by atomic mass is 16.4. The summed E-state index contributed by atoms with van der Waals surface area (Å²) < 4.78 is 0. The van der Waals surface area contributed by atoms with Crippen LogP contribution < -0.4 is 0 Å². The molecule has 1 saturated carbocycles. The van der Waals surface area contributed by atoms with Crippen molar-refractivity contribution in [2.75, 3.05) is 6.54 Å². The lowest BCUT2D eigenvalue weighted by molar-refractivity contribution is 0.0914. The highest BCUT2D eigenvalue weighted by Gasteiger charge is 2.51. The number of hydrogen-bond donors (Lipinski definition) is 1. The maximum atomic E-state index is 11.3. The fourth-order valence-corrected chi connectivity index (χ4v) is 3.58. The van der Waals surface area contributed by atoms with Crippen molar-refractivity contribution < 1.29 is 9.90 Å². The highest BCUT2D eigenvalue weighted by molar-refractivity contribution is 5.66. The lowest BCUT2D eigenvalue weighted by atomic mass is 9.77. The van der Waals surface area contributed by atoms with E-state index >= 15 is 0 Å². The predicted octanol–water partition coefficient (Wildman–Crippen LogP) is 2.98. The van der Waals surface area contributed by atoms with E-state index in [1.807, 2.05) is 0 Å². The molecule has 1 unspecified atom stereocenters. The Labute approximate surface area is 97.1 Å². The number of rotatable bonds is 0. The zero-order valence-electron chi connectivity index (χ0n) is 10.4. The van der Waals surface area contributed by atoms with Gasteiger partial charge in [-0.3, -0.25) is 0 Å². The van der Waals surface area contributed by atoms with Crippen LogP contribution >= 0.6 is 0 Å². The van der Waals surface area contributed by atoms with Crippen LogP contribution in [0.4, 0.5) is 4.79 Å². The van der Waals surface area contributed by atoms with Gasteiger partial charge in [0.2, 0.25) is 0 Å². The number of carbonyl (C=O) groups is 1. The minimum atomic E-state index is -0.764. The molecule has 0 aromatic carbocycles. The van der Waals surface area contributed by atoms with Crippen molar-refractivity contribution in [2.45, 2.75) is 39.7 Å². The van der Waals surface area contributed by atoms with E-state index in [2.05, 4.69) is 27.4 Å². The van der Waals surface area contributed by atoms with Gasteiger partial charge in [0.1, 0.15) is 0 Å². The van der Waals surface area contributed by atoms with Crippen LogP contribution in [0.3, 0.4) is 0 Å². The van der Waals surface area contributed by atoms with Gasteiger partial charge in [0, 0.05) is 12.6 Å². The molecule has 2 fully saturated rings. The quantitative estimate of drug-likeness (QED) is 0.641. The molecule has 3 nitrogen and oxygen atoms in total. The maximum Gasteiger partial charge on any atom is 0.407 e. The molecular formula is C13H21NO2. The molecule has 2 rings (SSSR count). The van der Waals surface area contributed by atoms with Gasteiger partial charge in [0.05, 0.1) is 0 Å². The van der Waals surface area contributed by atoms with E-state index in [1.165, 1.54) is 5.57 Å². The van der Waals surface area contributed by atoms with Gasteiger partial charge in [-0.2, -0.15) is 0 Å². The van der Waals surface area contributed by atoms with E-state index < -0.39 is 6.09 Å². The fraction of sp³-hybridized carbons (Fsp3) is 0.769. The van der Waals surface area contributed by atoms with Crippen LogP contribution in [0.5, 0.6) is 0 Å². The fourth-order valence-electron chi connectivity index (χ4n) is 3.58. The molecule has 1 heterocycles. The number of likely N-dealkylation sites (tertiary alicyclic amines) is 1. The molecule has 0 bridgehead atoms. The number of carboxylic acid groups (broad SMARTS) is 1. The van der Waals surface area contributed by atoms with Crippen LogP contribution in [0.2, 0.25) is 0 Å². The number of allylic oxidation sites excluding steroid dienone is 1. The summed E-state index contributed by atoms with van der Waals surface area (Å²) in [6.45, 7) is 11.2. The Morgan fingerprint density at radius 1 is 1.44 bits per heavy atom. The zero-order chi connectivity index (χ0) is 12.1. The van der Waals surface area contributed by atoms with Gasteiger partial charge in [0.25, 0.3) is 0 Å². The van der Waals surface area contributed by atoms with Gasteiger partial charge in [0.15, 0.2) is 0 Å². The van der Waals surface area contributed by atoms with Gasteiger partial charge >= 0.3 is 6.09 Å². The predicted molar refractivity (Wildman–Crippen MR) is 63.3 cm³/mol. The Morgan fingerprint density at radius 2 is 2.06 bits per heavy atom. The Morgan fingerprint density at radius 3 is 2.56 bits per heavy atom. The lowest BCUT2D eigenvalue weighted by Gasteiger charge is -2.36. The summed E-state index contributed by atoms with van der Waals surface area (Å²) in [6.07, 6.45) is 1.26. The summed E-state index contributed by atoms with van der Waals surface area (Å²) >= 11 is 0. The van der Waals surface area contributed by atoms with Gasteiger partial charge in [-0.25, -0.2) is 4.79 Å². The van der Waals surface area contributed by atoms with E-state index in [0.717, 1.165) is 12.8 Å². The van der Waals surface area contributed by atoms with Gasteiger partial charge < -0.3 is 10.0 Å². The van der Waals surface area contributed by atoms with E-state index in [1.54, 1.807) is 4.90 Å². The first-order chi connectivity index (χ1) is 7.30. The van der Waals surface area contributed by atoms with Crippen LogP contribution in [0, 0.1) is 17.3 Å². The monoisotopic (exact) mass is 223 g/mol. The molecule has 0 aromatic rings. The first-order valence-corrected chi connectivity index (χ1v) is 5.97. The SMILES string of the molecule is C=C1C[C@H]2CN(C(=O)O)C(C(C)(C)C)[C@H]2C1. The standard InChI is InChI=1S/C13H21NO2/c1-8-5-9-7-14(12(15)16)11(10(9)6-8)13(2,3)4/h9-11H,1,5-7H2,2-4H3,(H,15,16)/t9-,10-,11?/m0/s1. The van der Waals surface area contributed by atoms with Crippen molar-refractivity contribution in [3.8, 4) is 0 Å². The molecule has 1 aliphatic carbocycles. The molecule has 1 saturated heterocycles. The van der Waals surface area contributed by atoms with E-state index in [-0.39, 0.29) is 11.5 Å². The highest BCUT2D eigenvalue weighted by Crippen LogP contribution is 2.49. The zero-order valence-corrected chi connectivity index (χ0v) is 10.4. The lowest BCUT2D eigenvalue weighted by Crippen LogP contribution is -2.45. The Hall–Kier alpha value is -0.990. The molecule has 0 radical (unpaired) electrons. The Bertz CT molecular complexity index is 329. The molecule has 1 N–H and O–H groups in total. The minimum absolute atomic E-state index is 0.0163. The topological polar surface area (TPSA) is 40.5 Å². The molecule has 0 spiro atoms. The molecule has 2 aliphatic rings. The van der Waals surface area contributed by atoms with Crippen LogP contribution in [0.25, 0.3) is 0 Å². The molecule has 1 aliphatic heterocycles. The molecule has 1 amide bonds. The molecule has 0 aromatic heterocycles. The first-order valence-electron chi connectivity index (χ1n) is 5.97. The van der Waals surface area contributed by atoms with E-state index in [0.29, 0.717) is 18.4 Å². The van der Waals surface area contributed by atoms with Gasteiger partial charge in [-0.05, 0) is 30.1 Å². The van der Waals surface area contributed by atoms with Gasteiger partial charge in [-0.1, -0.05) is 32.9 Å². The minimum Gasteiger partial charge on any atom is -0.465 e. The second-order valence-corrected chi connectivity index (χ2v) is 6.33. The van der Waals surface area contributed by atoms with Crippen LogP contribution in [-0.4, -0.2) is 28.7 Å². The van der Waals surface area contributed by atoms with E-state index in [9.17, 15) is 9.90 Å². The van der Waals surface area contributed by atoms with Crippen molar-refractivity contribution in [2.24, 2.45) is 17.3 Å². The molecule has 90 valence electrons. The summed E-state index contributed by atoms with van der Waals surface area (Å²) in [5, 5.41) is 9.27. The number of fused-ring (bicyclic) bond motifs is 1. The van der Waals surface area contributed by atoms with Crippen molar-refractivity contribution in [3.63, 3.8) is 0 Å². The first kappa shape index (κ1) is 11.5. The van der Waals surface area contributed by atoms with Crippen molar-refractivity contribution >= 4 is 6.09 Å². The summed E-state index contributed by atoms with van der Waals surface area (Å²) in [5.41, 5.74) is 1.32. The summed E-state index contributed by atoms with van der Waals surface area (Å²) in [4.78, 5) is 12.9. The smallest absolute Gasteiger partial charge is 0.407 e. The third-order valence-electron chi connectivity index (χ3n) is 3.99. The largest absolute Gasteiger partial charge is 0.465 e. The Kier molecular flexibility index (Phi) is 2.52. The molecule has 3 heteroatoms. The van der Waals surface area contributed by atoms with Crippen LogP contribution in [-0.2, 0) is 0 Å². The molecule has 3 atom stereocenters. The normalized spacial score (nSPS) is 34.3. The molecule has 16 heavy (non-hydrogen) atoms. The summed E-state index contributed by atoms with van der Waals surface area (Å²) in [5.74, 6) is 0.997. The average molecular weight is 223 g/mol. The third-order valence-corrected chi connectivity index (χ3v) is 3.99. The second kappa shape index (κ2) is 3.51. The number of amides is 1. The average Bonchev–Trinajstić information content (AvgIpc) is 2.56. The van der Waals surface area contributed by atoms with Crippen LogP contribution in [0.1, 0.15) is 33.6 Å². The van der Waals surface area contributed by atoms with Crippen molar-refractivity contribution in [1.29, 1.82) is 0 Å². The van der Waals surface area contributed by atoms with Crippen LogP contribution in [0.15, 0.2) is 12.2 Å². The summed E-state index contributed by atoms with van der Waals surface area (Å²) in [7, 11) is 0. The van der Waals surface area contributed by atoms with Crippen molar-refractivity contribution in [3.05, 3.63) is 12.2 Å². The molecular weight excluding hydrogens is 202 g/mol. The number of nitrogens with zero attached hydrogens (tertiary/aromatic N) is 1. The van der Waals surface area contributed by atoms with Gasteiger partial charge in [-0.15, -0.1) is 0 Å².